The van der Waals surface area contributed by atoms with E-state index in [0.29, 0.717) is 5.75 Å². The van der Waals surface area contributed by atoms with E-state index in [9.17, 15) is 5.11 Å². The third-order valence-corrected chi connectivity index (χ3v) is 3.40. The molecule has 1 rings (SSSR count). The lowest BCUT2D eigenvalue weighted by atomic mass is 10.2. The van der Waals surface area contributed by atoms with Gasteiger partial charge in [-0.1, -0.05) is 13.0 Å². The van der Waals surface area contributed by atoms with Crippen LogP contribution in [0.1, 0.15) is 18.9 Å². The van der Waals surface area contributed by atoms with Crippen molar-refractivity contribution in [1.82, 2.24) is 5.32 Å². The highest BCUT2D eigenvalue weighted by Crippen LogP contribution is 2.25. The van der Waals surface area contributed by atoms with Gasteiger partial charge < -0.3 is 15.2 Å². The Kier molecular flexibility index (Phi) is 6.89. The zero-order chi connectivity index (χ0) is 12.5. The van der Waals surface area contributed by atoms with Crippen molar-refractivity contribution in [2.45, 2.75) is 19.9 Å². The number of thioether (sulfide) groups is 1. The minimum Gasteiger partial charge on any atom is -0.504 e. The fraction of sp³-hybridized carbons (Fsp3) is 0.538. The van der Waals surface area contributed by atoms with Gasteiger partial charge in [0.25, 0.3) is 0 Å². The normalized spacial score (nSPS) is 10.5. The summed E-state index contributed by atoms with van der Waals surface area (Å²) in [5.41, 5.74) is 1.08. The highest BCUT2D eigenvalue weighted by molar-refractivity contribution is 7.99. The van der Waals surface area contributed by atoms with Gasteiger partial charge in [0.15, 0.2) is 11.5 Å². The molecule has 4 heteroatoms. The number of rotatable bonds is 8. The molecule has 0 bridgehead atoms. The van der Waals surface area contributed by atoms with Gasteiger partial charge in [-0.25, -0.2) is 0 Å². The summed E-state index contributed by atoms with van der Waals surface area (Å²) in [7, 11) is 1.55. The summed E-state index contributed by atoms with van der Waals surface area (Å²) in [5.74, 6) is 3.12. The molecule has 0 spiro atoms. The Morgan fingerprint density at radius 1 is 1.41 bits per heavy atom. The molecule has 0 aliphatic carbocycles. The summed E-state index contributed by atoms with van der Waals surface area (Å²) >= 11 is 1.97. The van der Waals surface area contributed by atoms with Crippen molar-refractivity contribution in [3.05, 3.63) is 23.8 Å². The van der Waals surface area contributed by atoms with Gasteiger partial charge in [0, 0.05) is 6.54 Å². The van der Waals surface area contributed by atoms with Gasteiger partial charge in [-0.2, -0.15) is 11.8 Å². The molecule has 2 N–H and O–H groups in total. The Morgan fingerprint density at radius 2 is 2.24 bits per heavy atom. The van der Waals surface area contributed by atoms with Crippen LogP contribution in [0.4, 0.5) is 0 Å². The van der Waals surface area contributed by atoms with Crippen LogP contribution in [-0.4, -0.2) is 30.3 Å². The number of hydrogen-bond acceptors (Lipinski definition) is 4. The van der Waals surface area contributed by atoms with E-state index in [-0.39, 0.29) is 5.75 Å². The van der Waals surface area contributed by atoms with Crippen molar-refractivity contribution in [1.29, 1.82) is 0 Å². The molecule has 0 saturated heterocycles. The van der Waals surface area contributed by atoms with Crippen LogP contribution in [-0.2, 0) is 6.54 Å². The minimum atomic E-state index is 0.202. The molecule has 0 unspecified atom stereocenters. The van der Waals surface area contributed by atoms with Gasteiger partial charge >= 0.3 is 0 Å². The van der Waals surface area contributed by atoms with Crippen LogP contribution in [0.15, 0.2) is 18.2 Å². The third kappa shape index (κ3) is 5.33. The van der Waals surface area contributed by atoms with E-state index in [1.54, 1.807) is 19.2 Å². The largest absolute Gasteiger partial charge is 0.504 e. The summed E-state index contributed by atoms with van der Waals surface area (Å²) in [6, 6.07) is 5.50. The Balaban J connectivity index is 2.25. The summed E-state index contributed by atoms with van der Waals surface area (Å²) in [6.45, 7) is 3.98. The Labute approximate surface area is 108 Å². The van der Waals surface area contributed by atoms with E-state index in [2.05, 4.69) is 12.2 Å². The number of hydrogen-bond donors (Lipinski definition) is 2. The monoisotopic (exact) mass is 255 g/mol. The molecule has 3 nitrogen and oxygen atoms in total. The maximum atomic E-state index is 9.61. The van der Waals surface area contributed by atoms with Crippen molar-refractivity contribution in [3.63, 3.8) is 0 Å². The predicted molar refractivity (Wildman–Crippen MR) is 74.0 cm³/mol. The lowest BCUT2D eigenvalue weighted by molar-refractivity contribution is 0.373. The standard InChI is InChI=1S/C13H21NO2S/c1-3-17-8-4-7-14-10-11-5-6-13(16-2)12(15)9-11/h5-6,9,14-15H,3-4,7-8,10H2,1-2H3. The van der Waals surface area contributed by atoms with Gasteiger partial charge in [-0.15, -0.1) is 0 Å². The number of aromatic hydroxyl groups is 1. The first-order valence-corrected chi connectivity index (χ1v) is 7.07. The van der Waals surface area contributed by atoms with Crippen LogP contribution in [0.3, 0.4) is 0 Å². The molecule has 0 aliphatic rings. The number of methoxy groups -OCH3 is 1. The topological polar surface area (TPSA) is 41.5 Å². The zero-order valence-corrected chi connectivity index (χ0v) is 11.3. The van der Waals surface area contributed by atoms with Crippen molar-refractivity contribution in [2.75, 3.05) is 25.2 Å². The molecular weight excluding hydrogens is 234 g/mol. The van der Waals surface area contributed by atoms with Gasteiger partial charge in [0.05, 0.1) is 7.11 Å². The molecule has 0 radical (unpaired) electrons. The molecule has 1 aromatic carbocycles. The predicted octanol–water partition coefficient (Wildman–Crippen LogP) is 2.63. The van der Waals surface area contributed by atoms with E-state index in [1.165, 1.54) is 17.9 Å². The lowest BCUT2D eigenvalue weighted by Gasteiger charge is -2.07. The molecule has 0 atom stereocenters. The maximum absolute atomic E-state index is 9.61. The van der Waals surface area contributed by atoms with Crippen LogP contribution >= 0.6 is 11.8 Å². The van der Waals surface area contributed by atoms with Crippen LogP contribution in [0.2, 0.25) is 0 Å². The van der Waals surface area contributed by atoms with E-state index in [1.807, 2.05) is 17.8 Å². The van der Waals surface area contributed by atoms with Gasteiger partial charge in [0.1, 0.15) is 0 Å². The van der Waals surface area contributed by atoms with Gasteiger partial charge in [-0.3, -0.25) is 0 Å². The number of nitrogens with one attached hydrogen (secondary N) is 1. The number of phenolic OH excluding ortho intramolecular Hbond substituents is 1. The number of ether oxygens (including phenoxy) is 1. The molecule has 0 aromatic heterocycles. The van der Waals surface area contributed by atoms with Crippen LogP contribution in [0.25, 0.3) is 0 Å². The Bertz CT molecular complexity index is 331. The second-order valence-corrected chi connectivity index (χ2v) is 5.13. The fourth-order valence-corrected chi connectivity index (χ4v) is 2.16. The molecular formula is C13H21NO2S. The highest BCUT2D eigenvalue weighted by atomic mass is 32.2. The summed E-state index contributed by atoms with van der Waals surface area (Å²) in [5, 5.41) is 13.0. The fourth-order valence-electron chi connectivity index (χ4n) is 1.52. The van der Waals surface area contributed by atoms with Crippen molar-refractivity contribution >= 4 is 11.8 Å². The molecule has 0 saturated carbocycles. The van der Waals surface area contributed by atoms with E-state index < -0.39 is 0 Å². The second-order valence-electron chi connectivity index (χ2n) is 3.73. The average molecular weight is 255 g/mol. The van der Waals surface area contributed by atoms with Crippen molar-refractivity contribution < 1.29 is 9.84 Å². The summed E-state index contributed by atoms with van der Waals surface area (Å²) < 4.78 is 5.00. The molecule has 17 heavy (non-hydrogen) atoms. The Hall–Kier alpha value is -0.870. The summed E-state index contributed by atoms with van der Waals surface area (Å²) in [4.78, 5) is 0. The molecule has 0 heterocycles. The van der Waals surface area contributed by atoms with Crippen LogP contribution < -0.4 is 10.1 Å². The zero-order valence-electron chi connectivity index (χ0n) is 10.5. The molecule has 0 aliphatic heterocycles. The number of phenols is 1. The smallest absolute Gasteiger partial charge is 0.160 e. The third-order valence-electron chi connectivity index (χ3n) is 2.42. The molecule has 96 valence electrons. The van der Waals surface area contributed by atoms with Gasteiger partial charge in [-0.05, 0) is 42.2 Å². The lowest BCUT2D eigenvalue weighted by Crippen LogP contribution is -2.15. The van der Waals surface area contributed by atoms with Crippen molar-refractivity contribution in [3.8, 4) is 11.5 Å². The van der Waals surface area contributed by atoms with E-state index in [4.69, 9.17) is 4.74 Å². The summed E-state index contributed by atoms with van der Waals surface area (Å²) in [6.07, 6.45) is 1.18. The first-order valence-electron chi connectivity index (χ1n) is 5.92. The van der Waals surface area contributed by atoms with E-state index in [0.717, 1.165) is 18.7 Å². The SMILES string of the molecule is CCSCCCNCc1ccc(OC)c(O)c1. The minimum absolute atomic E-state index is 0.202. The molecule has 1 aromatic rings. The van der Waals surface area contributed by atoms with E-state index >= 15 is 0 Å². The van der Waals surface area contributed by atoms with Crippen LogP contribution in [0, 0.1) is 0 Å². The molecule has 0 fully saturated rings. The molecule has 0 amide bonds. The highest BCUT2D eigenvalue weighted by Gasteiger charge is 2.01. The van der Waals surface area contributed by atoms with Crippen LogP contribution in [0.5, 0.6) is 11.5 Å². The first kappa shape index (κ1) is 14.2. The average Bonchev–Trinajstić information content (AvgIpc) is 2.34. The van der Waals surface area contributed by atoms with Crippen molar-refractivity contribution in [2.24, 2.45) is 0 Å². The maximum Gasteiger partial charge on any atom is 0.160 e. The number of benzene rings is 1. The quantitative estimate of drug-likeness (QED) is 0.701. The Morgan fingerprint density at radius 3 is 2.88 bits per heavy atom. The van der Waals surface area contributed by atoms with Gasteiger partial charge in [0.2, 0.25) is 0 Å². The second kappa shape index (κ2) is 8.25. The first-order chi connectivity index (χ1) is 8.27.